The Bertz CT molecular complexity index is 1460. The monoisotopic (exact) mass is 591 g/mol. The van der Waals surface area contributed by atoms with E-state index in [-0.39, 0.29) is 41.8 Å². The highest BCUT2D eigenvalue weighted by atomic mass is 32.2. The van der Waals surface area contributed by atoms with Crippen LogP contribution in [0.2, 0.25) is 0 Å². The molecule has 1 aliphatic heterocycles. The van der Waals surface area contributed by atoms with Gasteiger partial charge in [-0.1, -0.05) is 48.5 Å². The van der Waals surface area contributed by atoms with E-state index in [2.05, 4.69) is 10.6 Å². The molecule has 0 radical (unpaired) electrons. The fourth-order valence-electron chi connectivity index (χ4n) is 5.12. The van der Waals surface area contributed by atoms with Gasteiger partial charge in [-0.3, -0.25) is 14.4 Å². The van der Waals surface area contributed by atoms with Crippen molar-refractivity contribution in [2.45, 2.75) is 63.6 Å². The molecule has 4 rings (SSSR count). The van der Waals surface area contributed by atoms with Crippen LogP contribution in [0.25, 0.3) is 0 Å². The SMILES string of the molecule is Cc1c(O)cccc1CNC(=O)[C@H]1N(C(=O)[C@@H](O)[C@H](Cc2ccccc2)NC(=O)c2cccc(O)c2C)CSC1(C)C. The molecule has 3 aromatic rings. The van der Waals surface area contributed by atoms with Gasteiger partial charge in [-0.15, -0.1) is 11.8 Å². The molecule has 222 valence electrons. The minimum Gasteiger partial charge on any atom is -0.508 e. The van der Waals surface area contributed by atoms with Crippen molar-refractivity contribution in [3.63, 3.8) is 0 Å². The van der Waals surface area contributed by atoms with Crippen LogP contribution < -0.4 is 10.6 Å². The number of carbonyl (C=O) groups is 3. The zero-order valence-electron chi connectivity index (χ0n) is 24.1. The van der Waals surface area contributed by atoms with Crippen molar-refractivity contribution in [2.75, 3.05) is 5.88 Å². The van der Waals surface area contributed by atoms with Crippen molar-refractivity contribution in [2.24, 2.45) is 0 Å². The number of phenols is 2. The molecular weight excluding hydrogens is 554 g/mol. The molecule has 3 amide bonds. The van der Waals surface area contributed by atoms with Crippen LogP contribution in [-0.2, 0) is 22.6 Å². The summed E-state index contributed by atoms with van der Waals surface area (Å²) in [6, 6.07) is 17.0. The molecule has 0 spiro atoms. The van der Waals surface area contributed by atoms with E-state index in [1.807, 2.05) is 50.2 Å². The van der Waals surface area contributed by atoms with E-state index in [4.69, 9.17) is 0 Å². The lowest BCUT2D eigenvalue weighted by atomic mass is 9.96. The van der Waals surface area contributed by atoms with Crippen LogP contribution >= 0.6 is 11.8 Å². The molecule has 0 aromatic heterocycles. The van der Waals surface area contributed by atoms with Gasteiger partial charge in [0.05, 0.1) is 11.9 Å². The number of nitrogens with zero attached hydrogens (tertiary/aromatic N) is 1. The molecule has 3 atom stereocenters. The van der Waals surface area contributed by atoms with Gasteiger partial charge in [-0.05, 0) is 69.0 Å². The van der Waals surface area contributed by atoms with Crippen molar-refractivity contribution in [3.8, 4) is 11.5 Å². The minimum absolute atomic E-state index is 0.0371. The Morgan fingerprint density at radius 1 is 0.952 bits per heavy atom. The third kappa shape index (κ3) is 6.71. The summed E-state index contributed by atoms with van der Waals surface area (Å²) in [6.07, 6.45) is -1.49. The number of phenolic OH excluding ortho intramolecular Hbond substituents is 2. The van der Waals surface area contributed by atoms with Crippen LogP contribution in [0.3, 0.4) is 0 Å². The number of aromatic hydroxyl groups is 2. The quantitative estimate of drug-likeness (QED) is 0.257. The van der Waals surface area contributed by atoms with Crippen molar-refractivity contribution in [1.29, 1.82) is 0 Å². The fourth-order valence-corrected chi connectivity index (χ4v) is 6.26. The standard InChI is InChI=1S/C32H37N3O6S/c1-19-22(12-8-14-25(19)36)17-33-30(40)28-32(3,4)42-18-35(28)31(41)27(38)24(16-21-10-6-5-7-11-21)34-29(39)23-13-9-15-26(37)20(23)2/h5-15,24,27-28,36-38H,16-18H2,1-4H3,(H,33,40)(H,34,39)/t24-,27-,28+/m0/s1. The van der Waals surface area contributed by atoms with E-state index in [9.17, 15) is 29.7 Å². The van der Waals surface area contributed by atoms with Gasteiger partial charge in [0.25, 0.3) is 11.8 Å². The van der Waals surface area contributed by atoms with E-state index in [1.165, 1.54) is 22.7 Å². The lowest BCUT2D eigenvalue weighted by Gasteiger charge is -2.33. The summed E-state index contributed by atoms with van der Waals surface area (Å²) >= 11 is 1.43. The Hall–Kier alpha value is -4.02. The number of nitrogens with one attached hydrogen (secondary N) is 2. The number of hydrogen-bond acceptors (Lipinski definition) is 7. The lowest BCUT2D eigenvalue weighted by molar-refractivity contribution is -0.147. The third-order valence-corrected chi connectivity index (χ3v) is 9.12. The maximum Gasteiger partial charge on any atom is 0.254 e. The van der Waals surface area contributed by atoms with Crippen LogP contribution in [0, 0.1) is 13.8 Å². The minimum atomic E-state index is -1.65. The number of benzene rings is 3. The van der Waals surface area contributed by atoms with E-state index in [0.717, 1.165) is 11.1 Å². The summed E-state index contributed by atoms with van der Waals surface area (Å²) < 4.78 is -0.649. The molecule has 0 bridgehead atoms. The first-order valence-corrected chi connectivity index (χ1v) is 14.7. The molecule has 42 heavy (non-hydrogen) atoms. The van der Waals surface area contributed by atoms with Crippen LogP contribution in [0.5, 0.6) is 11.5 Å². The van der Waals surface area contributed by atoms with Gasteiger partial charge in [0.1, 0.15) is 17.5 Å². The predicted molar refractivity (Wildman–Crippen MR) is 162 cm³/mol. The van der Waals surface area contributed by atoms with E-state index < -0.39 is 34.7 Å². The van der Waals surface area contributed by atoms with Crippen molar-refractivity contribution in [3.05, 3.63) is 94.5 Å². The van der Waals surface area contributed by atoms with Gasteiger partial charge in [-0.25, -0.2) is 0 Å². The number of aliphatic hydroxyl groups is 1. The van der Waals surface area contributed by atoms with E-state index >= 15 is 0 Å². The highest BCUT2D eigenvalue weighted by molar-refractivity contribution is 8.00. The number of thioether (sulfide) groups is 1. The maximum atomic E-state index is 13.8. The summed E-state index contributed by atoms with van der Waals surface area (Å²) in [5.41, 5.74) is 2.81. The second-order valence-electron chi connectivity index (χ2n) is 11.0. The van der Waals surface area contributed by atoms with Crippen LogP contribution in [-0.4, -0.2) is 66.8 Å². The highest BCUT2D eigenvalue weighted by Gasteiger charge is 2.49. The Kier molecular flexibility index (Phi) is 9.48. The van der Waals surface area contributed by atoms with Crippen LogP contribution in [0.4, 0.5) is 0 Å². The summed E-state index contributed by atoms with van der Waals surface area (Å²) in [7, 11) is 0. The average molecular weight is 592 g/mol. The van der Waals surface area contributed by atoms with Gasteiger partial charge in [-0.2, -0.15) is 0 Å². The molecule has 1 aliphatic rings. The van der Waals surface area contributed by atoms with E-state index in [1.54, 1.807) is 38.1 Å². The van der Waals surface area contributed by atoms with Gasteiger partial charge in [0.15, 0.2) is 6.10 Å². The average Bonchev–Trinajstić information content (AvgIpc) is 3.29. The van der Waals surface area contributed by atoms with Crippen LogP contribution in [0.1, 0.15) is 46.5 Å². The van der Waals surface area contributed by atoms with Crippen molar-refractivity contribution >= 4 is 29.5 Å². The predicted octanol–water partition coefficient (Wildman–Crippen LogP) is 3.41. The van der Waals surface area contributed by atoms with Gasteiger partial charge in [0, 0.05) is 22.4 Å². The number of aliphatic hydroxyl groups excluding tert-OH is 1. The Morgan fingerprint density at radius 2 is 1.60 bits per heavy atom. The van der Waals surface area contributed by atoms with Gasteiger partial charge >= 0.3 is 0 Å². The molecule has 0 saturated carbocycles. The third-order valence-electron chi connectivity index (χ3n) is 7.75. The number of hydrogen-bond donors (Lipinski definition) is 5. The first-order valence-electron chi connectivity index (χ1n) is 13.7. The van der Waals surface area contributed by atoms with Crippen molar-refractivity contribution < 1.29 is 29.7 Å². The highest BCUT2D eigenvalue weighted by Crippen LogP contribution is 2.40. The molecule has 3 aromatic carbocycles. The second-order valence-corrected chi connectivity index (χ2v) is 12.6. The molecular formula is C32H37N3O6S. The zero-order chi connectivity index (χ0) is 30.6. The molecule has 10 heteroatoms. The molecule has 9 nitrogen and oxygen atoms in total. The number of amides is 3. The normalized spacial score (nSPS) is 17.4. The Morgan fingerprint density at radius 3 is 2.29 bits per heavy atom. The zero-order valence-corrected chi connectivity index (χ0v) is 24.9. The molecule has 0 unspecified atom stereocenters. The fraction of sp³-hybridized carbons (Fsp3) is 0.344. The van der Waals surface area contributed by atoms with Gasteiger partial charge in [0.2, 0.25) is 5.91 Å². The maximum absolute atomic E-state index is 13.8. The summed E-state index contributed by atoms with van der Waals surface area (Å²) in [5.74, 6) is -1.31. The summed E-state index contributed by atoms with van der Waals surface area (Å²) in [4.78, 5) is 42.0. The lowest BCUT2D eigenvalue weighted by Crippen LogP contribution is -2.58. The molecule has 1 heterocycles. The Labute approximate surface area is 249 Å². The summed E-state index contributed by atoms with van der Waals surface area (Å²) in [6.45, 7) is 7.28. The van der Waals surface area contributed by atoms with Gasteiger partial charge < -0.3 is 30.9 Å². The van der Waals surface area contributed by atoms with E-state index in [0.29, 0.717) is 11.1 Å². The molecule has 5 N–H and O–H groups in total. The largest absolute Gasteiger partial charge is 0.508 e. The Balaban J connectivity index is 1.56. The molecule has 0 aliphatic carbocycles. The number of carbonyl (C=O) groups excluding carboxylic acids is 3. The summed E-state index contributed by atoms with van der Waals surface area (Å²) in [5, 5.41) is 37.2. The van der Waals surface area contributed by atoms with Crippen LogP contribution in [0.15, 0.2) is 66.7 Å². The smallest absolute Gasteiger partial charge is 0.254 e. The number of rotatable bonds is 9. The second kappa shape index (κ2) is 12.9. The van der Waals surface area contributed by atoms with Crippen molar-refractivity contribution in [1.82, 2.24) is 15.5 Å². The first-order chi connectivity index (χ1) is 19.9. The molecule has 1 fully saturated rings. The first kappa shape index (κ1) is 30.9. The topological polar surface area (TPSA) is 139 Å². The molecule has 1 saturated heterocycles.